The maximum atomic E-state index is 4.88. The Labute approximate surface area is 102 Å². The molecule has 2 unspecified atom stereocenters. The third kappa shape index (κ3) is 2.30. The SMILES string of the molecule is CCNC1CCCc2sc(C(C)CC)nc21. The Balaban J connectivity index is 2.23. The minimum atomic E-state index is 0.516. The normalized spacial score (nSPS) is 21.8. The lowest BCUT2D eigenvalue weighted by Gasteiger charge is -2.21. The molecule has 1 aliphatic rings. The Morgan fingerprint density at radius 3 is 3.00 bits per heavy atom. The maximum absolute atomic E-state index is 4.88. The molecule has 1 aliphatic carbocycles. The molecule has 0 radical (unpaired) electrons. The molecule has 2 nitrogen and oxygen atoms in total. The van der Waals surface area contributed by atoms with Gasteiger partial charge in [-0.25, -0.2) is 4.98 Å². The van der Waals surface area contributed by atoms with Crippen LogP contribution in [-0.2, 0) is 6.42 Å². The zero-order chi connectivity index (χ0) is 11.5. The van der Waals surface area contributed by atoms with Gasteiger partial charge in [-0.05, 0) is 32.2 Å². The van der Waals surface area contributed by atoms with E-state index >= 15 is 0 Å². The van der Waals surface area contributed by atoms with Gasteiger partial charge < -0.3 is 5.32 Å². The van der Waals surface area contributed by atoms with Crippen molar-refractivity contribution in [1.82, 2.24) is 10.3 Å². The second kappa shape index (κ2) is 5.28. The first-order chi connectivity index (χ1) is 7.76. The number of nitrogens with zero attached hydrogens (tertiary/aromatic N) is 1. The van der Waals surface area contributed by atoms with E-state index in [-0.39, 0.29) is 0 Å². The molecule has 1 N–H and O–H groups in total. The largest absolute Gasteiger partial charge is 0.309 e. The summed E-state index contributed by atoms with van der Waals surface area (Å²) in [6.07, 6.45) is 5.00. The Morgan fingerprint density at radius 2 is 2.31 bits per heavy atom. The van der Waals surface area contributed by atoms with Crippen LogP contribution in [0.4, 0.5) is 0 Å². The summed E-state index contributed by atoms with van der Waals surface area (Å²) in [5, 5.41) is 4.90. The molecule has 2 atom stereocenters. The van der Waals surface area contributed by atoms with E-state index in [2.05, 4.69) is 26.1 Å². The molecule has 0 fully saturated rings. The number of nitrogens with one attached hydrogen (secondary N) is 1. The molecule has 0 bridgehead atoms. The van der Waals surface area contributed by atoms with Gasteiger partial charge in [0.1, 0.15) is 0 Å². The zero-order valence-electron chi connectivity index (χ0n) is 10.5. The highest BCUT2D eigenvalue weighted by Gasteiger charge is 2.24. The molecule has 0 amide bonds. The van der Waals surface area contributed by atoms with Crippen LogP contribution in [-0.4, -0.2) is 11.5 Å². The van der Waals surface area contributed by atoms with Crippen molar-refractivity contribution in [2.45, 2.75) is 58.4 Å². The number of rotatable bonds is 4. The molecule has 16 heavy (non-hydrogen) atoms. The molecular weight excluding hydrogens is 216 g/mol. The van der Waals surface area contributed by atoms with Crippen LogP contribution in [0, 0.1) is 0 Å². The molecule has 3 heteroatoms. The van der Waals surface area contributed by atoms with Gasteiger partial charge >= 0.3 is 0 Å². The van der Waals surface area contributed by atoms with Crippen molar-refractivity contribution in [2.75, 3.05) is 6.54 Å². The fourth-order valence-corrected chi connectivity index (χ4v) is 3.57. The molecule has 0 saturated heterocycles. The van der Waals surface area contributed by atoms with Crippen molar-refractivity contribution in [3.05, 3.63) is 15.6 Å². The molecule has 0 spiro atoms. The summed E-state index contributed by atoms with van der Waals surface area (Å²) in [6, 6.07) is 0.516. The topological polar surface area (TPSA) is 24.9 Å². The third-order valence-corrected chi connectivity index (χ3v) is 4.82. The summed E-state index contributed by atoms with van der Waals surface area (Å²) in [6.45, 7) is 7.75. The van der Waals surface area contributed by atoms with Gasteiger partial charge in [0.2, 0.25) is 0 Å². The number of hydrogen-bond donors (Lipinski definition) is 1. The Hall–Kier alpha value is -0.410. The Kier molecular flexibility index (Phi) is 3.98. The molecule has 90 valence electrons. The van der Waals surface area contributed by atoms with E-state index in [0.717, 1.165) is 6.54 Å². The van der Waals surface area contributed by atoms with Crippen molar-refractivity contribution < 1.29 is 0 Å². The minimum absolute atomic E-state index is 0.516. The van der Waals surface area contributed by atoms with Crippen molar-refractivity contribution in [1.29, 1.82) is 0 Å². The van der Waals surface area contributed by atoms with Gasteiger partial charge in [-0.1, -0.05) is 20.8 Å². The lowest BCUT2D eigenvalue weighted by molar-refractivity contribution is 0.464. The molecule has 1 aromatic heterocycles. The minimum Gasteiger partial charge on any atom is -0.309 e. The van der Waals surface area contributed by atoms with Gasteiger partial charge in [-0.3, -0.25) is 0 Å². The first-order valence-corrected chi connectivity index (χ1v) is 7.30. The highest BCUT2D eigenvalue weighted by molar-refractivity contribution is 7.11. The van der Waals surface area contributed by atoms with Gasteiger partial charge in [-0.15, -0.1) is 11.3 Å². The quantitative estimate of drug-likeness (QED) is 0.866. The van der Waals surface area contributed by atoms with E-state index in [1.165, 1.54) is 41.3 Å². The fourth-order valence-electron chi connectivity index (χ4n) is 2.27. The second-order valence-corrected chi connectivity index (χ2v) is 5.79. The molecule has 0 aromatic carbocycles. The predicted octanol–water partition coefficient (Wildman–Crippen LogP) is 3.64. The van der Waals surface area contributed by atoms with Crippen LogP contribution in [0.3, 0.4) is 0 Å². The molecule has 1 aromatic rings. The Bertz CT molecular complexity index is 346. The highest BCUT2D eigenvalue weighted by Crippen LogP contribution is 2.36. The van der Waals surface area contributed by atoms with Crippen LogP contribution in [0.5, 0.6) is 0 Å². The van der Waals surface area contributed by atoms with Crippen molar-refractivity contribution in [3.63, 3.8) is 0 Å². The fraction of sp³-hybridized carbons (Fsp3) is 0.769. The first kappa shape index (κ1) is 12.1. The third-order valence-electron chi connectivity index (χ3n) is 3.46. The van der Waals surface area contributed by atoms with Crippen molar-refractivity contribution >= 4 is 11.3 Å². The average Bonchev–Trinajstić information content (AvgIpc) is 2.73. The summed E-state index contributed by atoms with van der Waals surface area (Å²) >= 11 is 1.95. The Morgan fingerprint density at radius 1 is 1.50 bits per heavy atom. The number of aryl methyl sites for hydroxylation is 1. The first-order valence-electron chi connectivity index (χ1n) is 6.49. The molecule has 0 saturated carbocycles. The number of hydrogen-bond acceptors (Lipinski definition) is 3. The van der Waals surface area contributed by atoms with Crippen LogP contribution in [0.2, 0.25) is 0 Å². The number of thiazole rings is 1. The van der Waals surface area contributed by atoms with E-state index in [0.29, 0.717) is 12.0 Å². The van der Waals surface area contributed by atoms with Crippen LogP contribution in [0.1, 0.15) is 67.6 Å². The van der Waals surface area contributed by atoms with Crippen molar-refractivity contribution in [3.8, 4) is 0 Å². The lowest BCUT2D eigenvalue weighted by atomic mass is 9.97. The average molecular weight is 238 g/mol. The summed E-state index contributed by atoms with van der Waals surface area (Å²) < 4.78 is 0. The summed E-state index contributed by atoms with van der Waals surface area (Å²) in [4.78, 5) is 6.41. The number of fused-ring (bicyclic) bond motifs is 1. The predicted molar refractivity (Wildman–Crippen MR) is 70.2 cm³/mol. The summed E-state index contributed by atoms with van der Waals surface area (Å²) in [7, 11) is 0. The highest BCUT2D eigenvalue weighted by atomic mass is 32.1. The van der Waals surface area contributed by atoms with Crippen LogP contribution in [0.25, 0.3) is 0 Å². The van der Waals surface area contributed by atoms with Crippen LogP contribution >= 0.6 is 11.3 Å². The monoisotopic (exact) mass is 238 g/mol. The van der Waals surface area contributed by atoms with Gasteiger partial charge in [0, 0.05) is 10.8 Å². The van der Waals surface area contributed by atoms with E-state index in [4.69, 9.17) is 4.98 Å². The van der Waals surface area contributed by atoms with E-state index in [9.17, 15) is 0 Å². The second-order valence-electron chi connectivity index (χ2n) is 4.67. The smallest absolute Gasteiger partial charge is 0.0959 e. The summed E-state index contributed by atoms with van der Waals surface area (Å²) in [5.74, 6) is 0.623. The van der Waals surface area contributed by atoms with Crippen LogP contribution in [0.15, 0.2) is 0 Å². The van der Waals surface area contributed by atoms with Gasteiger partial charge in [0.25, 0.3) is 0 Å². The van der Waals surface area contributed by atoms with E-state index < -0.39 is 0 Å². The molecule has 2 rings (SSSR count). The molecule has 1 heterocycles. The standard InChI is InChI=1S/C13H22N2S/c1-4-9(3)13-15-12-10(14-5-2)7-6-8-11(12)16-13/h9-10,14H,4-8H2,1-3H3. The van der Waals surface area contributed by atoms with Crippen molar-refractivity contribution in [2.24, 2.45) is 0 Å². The van der Waals surface area contributed by atoms with Crippen LogP contribution < -0.4 is 5.32 Å². The van der Waals surface area contributed by atoms with Gasteiger partial charge in [-0.2, -0.15) is 0 Å². The van der Waals surface area contributed by atoms with E-state index in [1.807, 2.05) is 11.3 Å². The zero-order valence-corrected chi connectivity index (χ0v) is 11.4. The number of aromatic nitrogens is 1. The van der Waals surface area contributed by atoms with Gasteiger partial charge in [0.15, 0.2) is 0 Å². The van der Waals surface area contributed by atoms with Gasteiger partial charge in [0.05, 0.1) is 16.7 Å². The maximum Gasteiger partial charge on any atom is 0.0959 e. The van der Waals surface area contributed by atoms with E-state index in [1.54, 1.807) is 0 Å². The molecule has 0 aliphatic heterocycles. The lowest BCUT2D eigenvalue weighted by Crippen LogP contribution is -2.24. The molecular formula is C13H22N2S. The summed E-state index contributed by atoms with van der Waals surface area (Å²) in [5.41, 5.74) is 1.36.